The topological polar surface area (TPSA) is 49.4 Å². The number of nitrogens with zero attached hydrogens (tertiary/aromatic N) is 1. The van der Waals surface area contributed by atoms with E-state index in [0.717, 1.165) is 11.3 Å². The first-order valence-electron chi connectivity index (χ1n) is 8.12. The third-order valence-corrected chi connectivity index (χ3v) is 5.15. The predicted octanol–water partition coefficient (Wildman–Crippen LogP) is 3.71. The Morgan fingerprint density at radius 1 is 1.12 bits per heavy atom. The van der Waals surface area contributed by atoms with Gasteiger partial charge in [-0.2, -0.15) is 0 Å². The van der Waals surface area contributed by atoms with Crippen molar-refractivity contribution >= 4 is 40.7 Å². The summed E-state index contributed by atoms with van der Waals surface area (Å²) in [5, 5.41) is 3.92. The molecular weight excluding hydrogens is 359 g/mol. The van der Waals surface area contributed by atoms with Crippen LogP contribution in [-0.4, -0.2) is 24.9 Å². The lowest BCUT2D eigenvalue weighted by Crippen LogP contribution is -2.34. The van der Waals surface area contributed by atoms with Crippen molar-refractivity contribution in [3.8, 4) is 0 Å². The number of carbonyl (C=O) groups is 2. The molecule has 4 nitrogen and oxygen atoms in total. The summed E-state index contributed by atoms with van der Waals surface area (Å²) >= 11 is 12.1. The molecule has 1 heterocycles. The minimum atomic E-state index is -0.331. The molecule has 0 radical (unpaired) electrons. The van der Waals surface area contributed by atoms with Crippen LogP contribution >= 0.6 is 23.2 Å². The van der Waals surface area contributed by atoms with Gasteiger partial charge in [-0.05, 0) is 30.2 Å². The van der Waals surface area contributed by atoms with Crippen LogP contribution in [0.1, 0.15) is 12.0 Å². The Labute approximate surface area is 156 Å². The molecule has 6 heteroatoms. The first-order valence-corrected chi connectivity index (χ1v) is 8.88. The zero-order chi connectivity index (χ0) is 17.8. The lowest BCUT2D eigenvalue weighted by Gasteiger charge is -2.16. The maximum atomic E-state index is 12.4. The van der Waals surface area contributed by atoms with Gasteiger partial charge < -0.3 is 10.2 Å². The molecule has 1 aliphatic heterocycles. The minimum absolute atomic E-state index is 0.0239. The van der Waals surface area contributed by atoms with E-state index in [1.807, 2.05) is 42.5 Å². The third-order valence-electron chi connectivity index (χ3n) is 4.29. The van der Waals surface area contributed by atoms with Gasteiger partial charge in [0.1, 0.15) is 0 Å². The molecule has 0 aliphatic carbocycles. The molecule has 1 atom stereocenters. The molecule has 2 amide bonds. The fourth-order valence-electron chi connectivity index (χ4n) is 2.95. The predicted molar refractivity (Wildman–Crippen MR) is 100 cm³/mol. The SMILES string of the molecule is O=C(NCCc1cccc(Cl)c1Cl)C1CC(=O)N(c2ccccc2)C1. The van der Waals surface area contributed by atoms with Gasteiger partial charge in [-0.1, -0.05) is 53.5 Å². The van der Waals surface area contributed by atoms with Crippen LogP contribution in [0.4, 0.5) is 5.69 Å². The summed E-state index contributed by atoms with van der Waals surface area (Å²) in [5.74, 6) is -0.461. The first-order chi connectivity index (χ1) is 12.1. The second-order valence-electron chi connectivity index (χ2n) is 5.99. The Morgan fingerprint density at radius 2 is 1.88 bits per heavy atom. The van der Waals surface area contributed by atoms with Gasteiger partial charge in [0.2, 0.25) is 11.8 Å². The Kier molecular flexibility index (Phi) is 5.61. The largest absolute Gasteiger partial charge is 0.355 e. The van der Waals surface area contributed by atoms with E-state index in [0.29, 0.717) is 29.6 Å². The van der Waals surface area contributed by atoms with Crippen LogP contribution in [0.3, 0.4) is 0 Å². The summed E-state index contributed by atoms with van der Waals surface area (Å²) in [6.07, 6.45) is 0.826. The van der Waals surface area contributed by atoms with Crippen LogP contribution in [-0.2, 0) is 16.0 Å². The number of hydrogen-bond donors (Lipinski definition) is 1. The highest BCUT2D eigenvalue weighted by Gasteiger charge is 2.34. The lowest BCUT2D eigenvalue weighted by atomic mass is 10.1. The standard InChI is InChI=1S/C19H18Cl2N2O2/c20-16-8-4-5-13(18(16)21)9-10-22-19(25)14-11-17(24)23(12-14)15-6-2-1-3-7-15/h1-8,14H,9-12H2,(H,22,25). The molecule has 1 fully saturated rings. The van der Waals surface area contributed by atoms with Crippen molar-refractivity contribution in [2.24, 2.45) is 5.92 Å². The van der Waals surface area contributed by atoms with E-state index in [9.17, 15) is 9.59 Å². The number of para-hydroxylation sites is 1. The maximum Gasteiger partial charge on any atom is 0.227 e. The van der Waals surface area contributed by atoms with Crippen molar-refractivity contribution in [1.82, 2.24) is 5.32 Å². The van der Waals surface area contributed by atoms with Gasteiger partial charge in [-0.3, -0.25) is 9.59 Å². The van der Waals surface area contributed by atoms with Crippen molar-refractivity contribution in [2.45, 2.75) is 12.8 Å². The van der Waals surface area contributed by atoms with E-state index >= 15 is 0 Å². The summed E-state index contributed by atoms with van der Waals surface area (Å²) in [6, 6.07) is 14.9. The number of nitrogens with one attached hydrogen (secondary N) is 1. The van der Waals surface area contributed by atoms with Gasteiger partial charge >= 0.3 is 0 Å². The summed E-state index contributed by atoms with van der Waals surface area (Å²) in [6.45, 7) is 0.863. The van der Waals surface area contributed by atoms with E-state index in [2.05, 4.69) is 5.32 Å². The molecular formula is C19H18Cl2N2O2. The molecule has 1 aliphatic rings. The fraction of sp³-hybridized carbons (Fsp3) is 0.263. The lowest BCUT2D eigenvalue weighted by molar-refractivity contribution is -0.126. The summed E-state index contributed by atoms with van der Waals surface area (Å²) in [4.78, 5) is 26.2. The highest BCUT2D eigenvalue weighted by molar-refractivity contribution is 6.42. The molecule has 130 valence electrons. The smallest absolute Gasteiger partial charge is 0.227 e. The zero-order valence-electron chi connectivity index (χ0n) is 13.5. The molecule has 0 bridgehead atoms. The second kappa shape index (κ2) is 7.89. The van der Waals surface area contributed by atoms with Crippen molar-refractivity contribution in [1.29, 1.82) is 0 Å². The molecule has 2 aromatic rings. The van der Waals surface area contributed by atoms with E-state index in [1.165, 1.54) is 0 Å². The van der Waals surface area contributed by atoms with Gasteiger partial charge in [0.15, 0.2) is 0 Å². The van der Waals surface area contributed by atoms with Gasteiger partial charge in [-0.25, -0.2) is 0 Å². The number of hydrogen-bond acceptors (Lipinski definition) is 2. The van der Waals surface area contributed by atoms with Crippen LogP contribution in [0.2, 0.25) is 10.0 Å². The number of amides is 2. The quantitative estimate of drug-likeness (QED) is 0.864. The first kappa shape index (κ1) is 17.8. The number of carbonyl (C=O) groups excluding carboxylic acids is 2. The Balaban J connectivity index is 1.54. The summed E-state index contributed by atoms with van der Waals surface area (Å²) in [7, 11) is 0. The van der Waals surface area contributed by atoms with Gasteiger partial charge in [-0.15, -0.1) is 0 Å². The molecule has 25 heavy (non-hydrogen) atoms. The minimum Gasteiger partial charge on any atom is -0.355 e. The van der Waals surface area contributed by atoms with E-state index in [4.69, 9.17) is 23.2 Å². The van der Waals surface area contributed by atoms with Crippen LogP contribution in [0.5, 0.6) is 0 Å². The van der Waals surface area contributed by atoms with Crippen LogP contribution in [0.15, 0.2) is 48.5 Å². The van der Waals surface area contributed by atoms with Crippen LogP contribution in [0.25, 0.3) is 0 Å². The third kappa shape index (κ3) is 4.14. The Hall–Kier alpha value is -2.04. The van der Waals surface area contributed by atoms with Crippen molar-refractivity contribution in [3.05, 3.63) is 64.1 Å². The van der Waals surface area contributed by atoms with Gasteiger partial charge in [0.05, 0.1) is 16.0 Å². The normalized spacial score (nSPS) is 17.0. The Bertz CT molecular complexity index is 780. The van der Waals surface area contributed by atoms with Gasteiger partial charge in [0.25, 0.3) is 0 Å². The average Bonchev–Trinajstić information content (AvgIpc) is 3.01. The van der Waals surface area contributed by atoms with Gasteiger partial charge in [0, 0.05) is 25.2 Å². The van der Waals surface area contributed by atoms with Crippen molar-refractivity contribution < 1.29 is 9.59 Å². The zero-order valence-corrected chi connectivity index (χ0v) is 15.1. The van der Waals surface area contributed by atoms with Crippen molar-refractivity contribution in [2.75, 3.05) is 18.0 Å². The van der Waals surface area contributed by atoms with Crippen LogP contribution in [0, 0.1) is 5.92 Å². The highest BCUT2D eigenvalue weighted by Crippen LogP contribution is 2.26. The fourth-order valence-corrected chi connectivity index (χ4v) is 3.36. The average molecular weight is 377 g/mol. The van der Waals surface area contributed by atoms with E-state index < -0.39 is 0 Å². The number of halogens is 2. The monoisotopic (exact) mass is 376 g/mol. The number of benzene rings is 2. The van der Waals surface area contributed by atoms with Crippen LogP contribution < -0.4 is 10.2 Å². The number of anilines is 1. The number of rotatable bonds is 5. The molecule has 0 aromatic heterocycles. The summed E-state index contributed by atoms with van der Waals surface area (Å²) < 4.78 is 0. The molecule has 1 N–H and O–H groups in total. The maximum absolute atomic E-state index is 12.4. The molecule has 2 aromatic carbocycles. The molecule has 1 unspecified atom stereocenters. The van der Waals surface area contributed by atoms with E-state index in [-0.39, 0.29) is 24.2 Å². The highest BCUT2D eigenvalue weighted by atomic mass is 35.5. The molecule has 1 saturated heterocycles. The second-order valence-corrected chi connectivity index (χ2v) is 6.78. The van der Waals surface area contributed by atoms with Crippen molar-refractivity contribution in [3.63, 3.8) is 0 Å². The molecule has 0 saturated carbocycles. The summed E-state index contributed by atoms with van der Waals surface area (Å²) in [5.41, 5.74) is 1.72. The Morgan fingerprint density at radius 3 is 2.64 bits per heavy atom. The van der Waals surface area contributed by atoms with E-state index in [1.54, 1.807) is 11.0 Å². The molecule has 3 rings (SSSR count). The molecule has 0 spiro atoms.